The minimum absolute atomic E-state index is 0.154. The van der Waals surface area contributed by atoms with E-state index < -0.39 is 0 Å². The molecule has 0 saturated heterocycles. The summed E-state index contributed by atoms with van der Waals surface area (Å²) in [7, 11) is 2.95. The summed E-state index contributed by atoms with van der Waals surface area (Å²) in [5.74, 6) is -0.348. The van der Waals surface area contributed by atoms with Crippen molar-refractivity contribution in [2.24, 2.45) is 0 Å². The number of esters is 1. The second-order valence-corrected chi connectivity index (χ2v) is 4.61. The van der Waals surface area contributed by atoms with Crippen molar-refractivity contribution in [2.45, 2.75) is 19.4 Å². The lowest BCUT2D eigenvalue weighted by Crippen LogP contribution is -2.39. The van der Waals surface area contributed by atoms with Gasteiger partial charge in [0, 0.05) is 23.8 Å². The molecule has 1 rings (SSSR count). The quantitative estimate of drug-likeness (QED) is 0.865. The number of nitrogens with zero attached hydrogens (tertiary/aromatic N) is 1. The molecular weight excluding hydrogens is 268 g/mol. The summed E-state index contributed by atoms with van der Waals surface area (Å²) in [5.41, 5.74) is 0.645. The Morgan fingerprint density at radius 2 is 1.95 bits per heavy atom. The second kappa shape index (κ2) is 6.99. The topological polar surface area (TPSA) is 58.6 Å². The van der Waals surface area contributed by atoms with Crippen LogP contribution in [0.25, 0.3) is 0 Å². The van der Waals surface area contributed by atoms with Gasteiger partial charge in [-0.15, -0.1) is 0 Å². The van der Waals surface area contributed by atoms with Crippen LogP contribution in [0.2, 0.25) is 5.02 Å². The zero-order valence-electron chi connectivity index (χ0n) is 11.1. The molecule has 2 amide bonds. The molecule has 1 unspecified atom stereocenters. The first-order valence-corrected chi connectivity index (χ1v) is 6.18. The lowest BCUT2D eigenvalue weighted by atomic mass is 10.2. The maximum Gasteiger partial charge on any atom is 0.321 e. The molecule has 1 N–H and O–H groups in total. The van der Waals surface area contributed by atoms with E-state index >= 15 is 0 Å². The van der Waals surface area contributed by atoms with Gasteiger partial charge < -0.3 is 15.0 Å². The van der Waals surface area contributed by atoms with Gasteiger partial charge in [-0.3, -0.25) is 4.79 Å². The largest absolute Gasteiger partial charge is 0.469 e. The minimum atomic E-state index is -0.348. The van der Waals surface area contributed by atoms with Crippen molar-refractivity contribution in [3.8, 4) is 0 Å². The highest BCUT2D eigenvalue weighted by Crippen LogP contribution is 2.14. The van der Waals surface area contributed by atoms with Gasteiger partial charge in [-0.1, -0.05) is 11.6 Å². The molecule has 0 aliphatic carbocycles. The summed E-state index contributed by atoms with van der Waals surface area (Å²) in [6.45, 7) is 1.78. The van der Waals surface area contributed by atoms with Crippen LogP contribution in [0, 0.1) is 0 Å². The SMILES string of the molecule is COC(=O)CC(C)N(C)C(=O)Nc1ccc(Cl)cc1. The fourth-order valence-electron chi connectivity index (χ4n) is 1.41. The lowest BCUT2D eigenvalue weighted by molar-refractivity contribution is -0.141. The van der Waals surface area contributed by atoms with E-state index in [4.69, 9.17) is 11.6 Å². The molecule has 0 fully saturated rings. The van der Waals surface area contributed by atoms with E-state index in [-0.39, 0.29) is 24.5 Å². The molecule has 0 saturated carbocycles. The van der Waals surface area contributed by atoms with E-state index in [1.807, 2.05) is 0 Å². The molecule has 0 radical (unpaired) electrons. The number of amides is 2. The Balaban J connectivity index is 2.57. The van der Waals surface area contributed by atoms with Gasteiger partial charge in [-0.2, -0.15) is 0 Å². The number of ether oxygens (including phenoxy) is 1. The first-order valence-electron chi connectivity index (χ1n) is 5.80. The van der Waals surface area contributed by atoms with Crippen LogP contribution in [0.3, 0.4) is 0 Å². The number of methoxy groups -OCH3 is 1. The van der Waals surface area contributed by atoms with Gasteiger partial charge >= 0.3 is 12.0 Å². The normalized spacial score (nSPS) is 11.6. The summed E-state index contributed by atoms with van der Waals surface area (Å²) in [6, 6.07) is 6.25. The number of hydrogen-bond donors (Lipinski definition) is 1. The Kier molecular flexibility index (Phi) is 5.63. The number of carbonyl (C=O) groups excluding carboxylic acids is 2. The molecule has 0 aromatic heterocycles. The van der Waals surface area contributed by atoms with Crippen LogP contribution < -0.4 is 5.32 Å². The van der Waals surface area contributed by atoms with Crippen molar-refractivity contribution < 1.29 is 14.3 Å². The van der Waals surface area contributed by atoms with Crippen LogP contribution in [0.5, 0.6) is 0 Å². The molecule has 0 spiro atoms. The molecule has 1 aromatic carbocycles. The van der Waals surface area contributed by atoms with Crippen LogP contribution >= 0.6 is 11.6 Å². The third kappa shape index (κ3) is 4.79. The number of nitrogens with one attached hydrogen (secondary N) is 1. The molecular formula is C13H17ClN2O3. The van der Waals surface area contributed by atoms with Crippen molar-refractivity contribution in [3.05, 3.63) is 29.3 Å². The monoisotopic (exact) mass is 284 g/mol. The van der Waals surface area contributed by atoms with Crippen molar-refractivity contribution >= 4 is 29.3 Å². The summed E-state index contributed by atoms with van der Waals surface area (Å²) in [5, 5.41) is 3.32. The van der Waals surface area contributed by atoms with Crippen LogP contribution in [0.15, 0.2) is 24.3 Å². The number of urea groups is 1. The van der Waals surface area contributed by atoms with Crippen molar-refractivity contribution in [2.75, 3.05) is 19.5 Å². The summed E-state index contributed by atoms with van der Waals surface area (Å²) in [6.07, 6.45) is 0.154. The Morgan fingerprint density at radius 3 is 2.47 bits per heavy atom. The zero-order valence-corrected chi connectivity index (χ0v) is 11.9. The number of anilines is 1. The Labute approximate surface area is 117 Å². The predicted molar refractivity (Wildman–Crippen MR) is 74.3 cm³/mol. The van der Waals surface area contributed by atoms with Gasteiger partial charge in [0.05, 0.1) is 13.5 Å². The fourth-order valence-corrected chi connectivity index (χ4v) is 1.53. The first-order chi connectivity index (χ1) is 8.93. The van der Waals surface area contributed by atoms with E-state index in [0.717, 1.165) is 0 Å². The van der Waals surface area contributed by atoms with Crippen LogP contribution in [-0.2, 0) is 9.53 Å². The van der Waals surface area contributed by atoms with E-state index in [0.29, 0.717) is 10.7 Å². The van der Waals surface area contributed by atoms with Crippen molar-refractivity contribution in [1.82, 2.24) is 4.90 Å². The number of halogens is 1. The molecule has 0 bridgehead atoms. The summed E-state index contributed by atoms with van der Waals surface area (Å²) < 4.78 is 4.57. The van der Waals surface area contributed by atoms with Crippen LogP contribution in [-0.4, -0.2) is 37.1 Å². The summed E-state index contributed by atoms with van der Waals surface area (Å²) in [4.78, 5) is 24.5. The Hall–Kier alpha value is -1.75. The third-order valence-electron chi connectivity index (χ3n) is 2.77. The number of hydrogen-bond acceptors (Lipinski definition) is 3. The van der Waals surface area contributed by atoms with Crippen LogP contribution in [0.1, 0.15) is 13.3 Å². The van der Waals surface area contributed by atoms with Crippen molar-refractivity contribution in [3.63, 3.8) is 0 Å². The second-order valence-electron chi connectivity index (χ2n) is 4.18. The number of rotatable bonds is 4. The average molecular weight is 285 g/mol. The highest BCUT2D eigenvalue weighted by molar-refractivity contribution is 6.30. The maximum absolute atomic E-state index is 11.9. The number of benzene rings is 1. The van der Waals surface area contributed by atoms with Gasteiger partial charge in [0.2, 0.25) is 0 Å². The van der Waals surface area contributed by atoms with Gasteiger partial charge in [0.25, 0.3) is 0 Å². The fraction of sp³-hybridized carbons (Fsp3) is 0.385. The number of carbonyl (C=O) groups is 2. The molecule has 1 atom stereocenters. The third-order valence-corrected chi connectivity index (χ3v) is 3.02. The molecule has 0 heterocycles. The Bertz CT molecular complexity index is 448. The predicted octanol–water partition coefficient (Wildman–Crippen LogP) is 2.76. The molecule has 5 nitrogen and oxygen atoms in total. The molecule has 0 aliphatic heterocycles. The van der Waals surface area contributed by atoms with Gasteiger partial charge in [-0.25, -0.2) is 4.79 Å². The molecule has 1 aromatic rings. The van der Waals surface area contributed by atoms with Gasteiger partial charge in [0.1, 0.15) is 0 Å². The van der Waals surface area contributed by atoms with E-state index in [1.54, 1.807) is 38.2 Å². The zero-order chi connectivity index (χ0) is 14.4. The average Bonchev–Trinajstić information content (AvgIpc) is 2.40. The van der Waals surface area contributed by atoms with Gasteiger partial charge in [-0.05, 0) is 31.2 Å². The molecule has 6 heteroatoms. The molecule has 19 heavy (non-hydrogen) atoms. The van der Waals surface area contributed by atoms with Gasteiger partial charge in [0.15, 0.2) is 0 Å². The standard InChI is InChI=1S/C13H17ClN2O3/c1-9(8-12(17)19-3)16(2)13(18)15-11-6-4-10(14)5-7-11/h4-7,9H,8H2,1-3H3,(H,15,18). The van der Waals surface area contributed by atoms with Crippen LogP contribution in [0.4, 0.5) is 10.5 Å². The van der Waals surface area contributed by atoms with E-state index in [2.05, 4.69) is 10.1 Å². The van der Waals surface area contributed by atoms with E-state index in [1.165, 1.54) is 12.0 Å². The van der Waals surface area contributed by atoms with E-state index in [9.17, 15) is 9.59 Å². The lowest BCUT2D eigenvalue weighted by Gasteiger charge is -2.24. The molecule has 104 valence electrons. The highest BCUT2D eigenvalue weighted by atomic mass is 35.5. The van der Waals surface area contributed by atoms with Crippen molar-refractivity contribution in [1.29, 1.82) is 0 Å². The smallest absolute Gasteiger partial charge is 0.321 e. The Morgan fingerprint density at radius 1 is 1.37 bits per heavy atom. The minimum Gasteiger partial charge on any atom is -0.469 e. The molecule has 0 aliphatic rings. The first kappa shape index (κ1) is 15.3. The summed E-state index contributed by atoms with van der Waals surface area (Å²) >= 11 is 5.76. The highest BCUT2D eigenvalue weighted by Gasteiger charge is 2.18. The maximum atomic E-state index is 11.9.